The molecule has 2 heterocycles. The molecule has 0 spiro atoms. The second-order valence-corrected chi connectivity index (χ2v) is 5.43. The normalized spacial score (nSPS) is 19.6. The highest BCUT2D eigenvalue weighted by Gasteiger charge is 2.17. The molecule has 1 aromatic heterocycles. The minimum Gasteiger partial charge on any atom is -0.312 e. The summed E-state index contributed by atoms with van der Waals surface area (Å²) < 4.78 is 0. The van der Waals surface area contributed by atoms with Gasteiger partial charge >= 0.3 is 0 Å². The molecule has 1 aliphatic rings. The van der Waals surface area contributed by atoms with Crippen LogP contribution < -0.4 is 10.6 Å². The summed E-state index contributed by atoms with van der Waals surface area (Å²) in [6.45, 7) is 4.65. The van der Waals surface area contributed by atoms with Gasteiger partial charge < -0.3 is 5.32 Å². The fraction of sp³-hybridized carbons (Fsp3) is 0.636. The van der Waals surface area contributed by atoms with Crippen LogP contribution in [0.2, 0.25) is 0 Å². The molecule has 0 saturated carbocycles. The first-order valence-electron chi connectivity index (χ1n) is 5.94. The summed E-state index contributed by atoms with van der Waals surface area (Å²) in [4.78, 5) is 16.0. The van der Waals surface area contributed by atoms with Crippen molar-refractivity contribution in [2.45, 2.75) is 26.3 Å². The van der Waals surface area contributed by atoms with Crippen LogP contribution in [0, 0.1) is 13.8 Å². The van der Waals surface area contributed by atoms with Crippen LogP contribution in [0.5, 0.6) is 0 Å². The number of nitrogens with zero attached hydrogens (tertiary/aromatic N) is 3. The molecular formula is C11H17N5OS. The molecule has 0 aliphatic carbocycles. The Morgan fingerprint density at radius 1 is 1.44 bits per heavy atom. The first-order valence-corrected chi connectivity index (χ1v) is 7.09. The molecule has 98 valence electrons. The Labute approximate surface area is 110 Å². The van der Waals surface area contributed by atoms with Crippen molar-refractivity contribution in [1.29, 1.82) is 0 Å². The highest BCUT2D eigenvalue weighted by atomic mass is 32.2. The molecule has 0 bridgehead atoms. The topological polar surface area (TPSA) is 79.8 Å². The molecule has 1 amide bonds. The van der Waals surface area contributed by atoms with Gasteiger partial charge in [0.1, 0.15) is 0 Å². The van der Waals surface area contributed by atoms with E-state index in [9.17, 15) is 4.79 Å². The number of amides is 1. The zero-order valence-electron chi connectivity index (χ0n) is 10.6. The van der Waals surface area contributed by atoms with Gasteiger partial charge in [-0.3, -0.25) is 10.1 Å². The quantitative estimate of drug-likeness (QED) is 0.831. The predicted octanol–water partition coefficient (Wildman–Crippen LogP) is 0.522. The number of carbonyl (C=O) groups excluding carboxylic acids is 1. The Hall–Kier alpha value is -1.21. The molecule has 2 rings (SSSR count). The average molecular weight is 267 g/mol. The van der Waals surface area contributed by atoms with Crippen LogP contribution in [0.25, 0.3) is 0 Å². The third-order valence-electron chi connectivity index (χ3n) is 2.77. The van der Waals surface area contributed by atoms with Crippen molar-refractivity contribution in [2.24, 2.45) is 0 Å². The van der Waals surface area contributed by atoms with Crippen LogP contribution in [0.15, 0.2) is 0 Å². The maximum atomic E-state index is 11.8. The van der Waals surface area contributed by atoms with Gasteiger partial charge in [0, 0.05) is 30.5 Å². The smallest absolute Gasteiger partial charge is 0.249 e. The lowest BCUT2D eigenvalue weighted by Gasteiger charge is -2.22. The number of carbonyl (C=O) groups is 1. The van der Waals surface area contributed by atoms with Crippen LogP contribution in [0.3, 0.4) is 0 Å². The first-order chi connectivity index (χ1) is 8.65. The van der Waals surface area contributed by atoms with Gasteiger partial charge in [0.05, 0.1) is 11.4 Å². The van der Waals surface area contributed by atoms with E-state index in [1.54, 1.807) is 0 Å². The summed E-state index contributed by atoms with van der Waals surface area (Å²) in [6.07, 6.45) is 0.448. The van der Waals surface area contributed by atoms with E-state index < -0.39 is 0 Å². The Morgan fingerprint density at radius 2 is 2.28 bits per heavy atom. The number of hydrogen-bond acceptors (Lipinski definition) is 6. The second-order valence-electron chi connectivity index (χ2n) is 4.28. The van der Waals surface area contributed by atoms with Gasteiger partial charge in [0.25, 0.3) is 0 Å². The predicted molar refractivity (Wildman–Crippen MR) is 71.7 cm³/mol. The van der Waals surface area contributed by atoms with Crippen molar-refractivity contribution in [3.8, 4) is 0 Å². The standard InChI is InChI=1S/C11H17N5OS/c1-7-8(2)15-16-11(13-7)14-10(17)5-9-6-18-4-3-12-9/h9,12H,3-6H2,1-2H3,(H,13,14,16,17). The lowest BCUT2D eigenvalue weighted by Crippen LogP contribution is -2.40. The lowest BCUT2D eigenvalue weighted by atomic mass is 10.2. The number of rotatable bonds is 3. The van der Waals surface area contributed by atoms with Crippen molar-refractivity contribution in [1.82, 2.24) is 20.5 Å². The molecule has 18 heavy (non-hydrogen) atoms. The summed E-state index contributed by atoms with van der Waals surface area (Å²) in [5, 5.41) is 13.8. The number of aromatic nitrogens is 3. The molecule has 1 fully saturated rings. The summed E-state index contributed by atoms with van der Waals surface area (Å²) >= 11 is 1.87. The molecule has 0 aromatic carbocycles. The van der Waals surface area contributed by atoms with Gasteiger partial charge in [-0.2, -0.15) is 16.9 Å². The molecule has 1 aromatic rings. The van der Waals surface area contributed by atoms with Crippen LogP contribution >= 0.6 is 11.8 Å². The molecular weight excluding hydrogens is 250 g/mol. The molecule has 6 nitrogen and oxygen atoms in total. The Kier molecular flexibility index (Phi) is 4.48. The summed E-state index contributed by atoms with van der Waals surface area (Å²) in [7, 11) is 0. The lowest BCUT2D eigenvalue weighted by molar-refractivity contribution is -0.116. The number of hydrogen-bond donors (Lipinski definition) is 2. The Bertz CT molecular complexity index is 433. The number of nitrogens with one attached hydrogen (secondary N) is 2. The maximum Gasteiger partial charge on any atom is 0.249 e. The van der Waals surface area contributed by atoms with Crippen LogP contribution in [0.4, 0.5) is 5.95 Å². The van der Waals surface area contributed by atoms with E-state index in [4.69, 9.17) is 0 Å². The van der Waals surface area contributed by atoms with Crippen molar-refractivity contribution in [3.05, 3.63) is 11.4 Å². The van der Waals surface area contributed by atoms with E-state index in [2.05, 4.69) is 25.8 Å². The monoisotopic (exact) mass is 267 g/mol. The molecule has 1 atom stereocenters. The Balaban J connectivity index is 1.88. The number of thioether (sulfide) groups is 1. The highest BCUT2D eigenvalue weighted by Crippen LogP contribution is 2.11. The molecule has 1 saturated heterocycles. The third kappa shape index (κ3) is 3.64. The van der Waals surface area contributed by atoms with Crippen molar-refractivity contribution in [2.75, 3.05) is 23.4 Å². The molecule has 7 heteroatoms. The molecule has 1 unspecified atom stereocenters. The van der Waals surface area contributed by atoms with Gasteiger partial charge in [-0.15, -0.1) is 5.10 Å². The summed E-state index contributed by atoms with van der Waals surface area (Å²) in [5.74, 6) is 2.30. The van der Waals surface area contributed by atoms with E-state index in [1.807, 2.05) is 25.6 Å². The van der Waals surface area contributed by atoms with Crippen LogP contribution in [0.1, 0.15) is 17.8 Å². The molecule has 1 aliphatic heterocycles. The van der Waals surface area contributed by atoms with E-state index in [0.717, 1.165) is 29.4 Å². The minimum absolute atomic E-state index is 0.0694. The fourth-order valence-corrected chi connectivity index (χ4v) is 2.61. The van der Waals surface area contributed by atoms with Crippen LogP contribution in [-0.2, 0) is 4.79 Å². The number of anilines is 1. The zero-order chi connectivity index (χ0) is 13.0. The van der Waals surface area contributed by atoms with Gasteiger partial charge in [-0.25, -0.2) is 4.98 Å². The first kappa shape index (κ1) is 13.2. The molecule has 2 N–H and O–H groups in total. The van der Waals surface area contributed by atoms with Gasteiger partial charge in [0.15, 0.2) is 0 Å². The zero-order valence-corrected chi connectivity index (χ0v) is 11.4. The van der Waals surface area contributed by atoms with E-state index >= 15 is 0 Å². The summed E-state index contributed by atoms with van der Waals surface area (Å²) in [5.41, 5.74) is 1.56. The molecule has 0 radical (unpaired) electrons. The van der Waals surface area contributed by atoms with Gasteiger partial charge in [-0.05, 0) is 13.8 Å². The SMILES string of the molecule is Cc1nnc(NC(=O)CC2CSCCN2)nc1C. The largest absolute Gasteiger partial charge is 0.312 e. The maximum absolute atomic E-state index is 11.8. The van der Waals surface area contributed by atoms with Gasteiger partial charge in [-0.1, -0.05) is 0 Å². The van der Waals surface area contributed by atoms with E-state index in [0.29, 0.717) is 6.42 Å². The number of aryl methyl sites for hydroxylation is 2. The fourth-order valence-electron chi connectivity index (χ4n) is 1.66. The second kappa shape index (κ2) is 6.10. The van der Waals surface area contributed by atoms with Crippen LogP contribution in [-0.4, -0.2) is 45.2 Å². The minimum atomic E-state index is -0.0694. The van der Waals surface area contributed by atoms with Gasteiger partial charge in [0.2, 0.25) is 11.9 Å². The van der Waals surface area contributed by atoms with Crippen molar-refractivity contribution in [3.63, 3.8) is 0 Å². The highest BCUT2D eigenvalue weighted by molar-refractivity contribution is 7.99. The average Bonchev–Trinajstić information content (AvgIpc) is 2.35. The Morgan fingerprint density at radius 3 is 2.94 bits per heavy atom. The third-order valence-corrected chi connectivity index (χ3v) is 3.90. The van der Waals surface area contributed by atoms with Crippen molar-refractivity contribution < 1.29 is 4.79 Å². The summed E-state index contributed by atoms with van der Waals surface area (Å²) in [6, 6.07) is 0.239. The van der Waals surface area contributed by atoms with E-state index in [1.165, 1.54) is 0 Å². The van der Waals surface area contributed by atoms with Crippen molar-refractivity contribution >= 4 is 23.6 Å². The van der Waals surface area contributed by atoms with E-state index in [-0.39, 0.29) is 17.9 Å².